The molecule has 0 bridgehead atoms. The maximum atomic E-state index is 11.1. The van der Waals surface area contributed by atoms with Crippen molar-refractivity contribution < 1.29 is 9.53 Å². The minimum Gasteiger partial charge on any atom is -0.376 e. The summed E-state index contributed by atoms with van der Waals surface area (Å²) in [4.78, 5) is 11.1. The number of amides is 1. The maximum Gasteiger partial charge on any atom is 0.246 e. The fourth-order valence-electron chi connectivity index (χ4n) is 1.09. The van der Waals surface area contributed by atoms with Crippen molar-refractivity contribution in [2.75, 3.05) is 13.2 Å². The Morgan fingerprint density at radius 1 is 1.50 bits per heavy atom. The van der Waals surface area contributed by atoms with Gasteiger partial charge in [0.2, 0.25) is 5.91 Å². The zero-order valence-electron chi connectivity index (χ0n) is 9.64. The Kier molecular flexibility index (Phi) is 5.46. The van der Waals surface area contributed by atoms with Crippen molar-refractivity contribution in [1.82, 2.24) is 5.32 Å². The second kappa shape index (κ2) is 5.81. The standard InChI is InChI=1S/C11H21NO2/c1-6-14-11(4,5)7-8-12-10(13)9(2)3/h2,6-8H2,1,3-5H3,(H,12,13). The first-order chi connectivity index (χ1) is 6.39. The molecule has 0 saturated carbocycles. The predicted octanol–water partition coefficient (Wildman–Crippen LogP) is 1.88. The van der Waals surface area contributed by atoms with Crippen molar-refractivity contribution in [2.45, 2.75) is 39.7 Å². The van der Waals surface area contributed by atoms with Gasteiger partial charge in [0.05, 0.1) is 5.60 Å². The van der Waals surface area contributed by atoms with E-state index in [-0.39, 0.29) is 11.5 Å². The molecule has 0 saturated heterocycles. The van der Waals surface area contributed by atoms with E-state index in [1.807, 2.05) is 20.8 Å². The summed E-state index contributed by atoms with van der Waals surface area (Å²) in [6.07, 6.45) is 0.805. The van der Waals surface area contributed by atoms with E-state index in [1.54, 1.807) is 6.92 Å². The van der Waals surface area contributed by atoms with E-state index in [0.29, 0.717) is 18.7 Å². The molecule has 0 heterocycles. The van der Waals surface area contributed by atoms with E-state index in [1.165, 1.54) is 0 Å². The van der Waals surface area contributed by atoms with E-state index in [2.05, 4.69) is 11.9 Å². The zero-order chi connectivity index (χ0) is 11.2. The molecule has 0 radical (unpaired) electrons. The third-order valence-electron chi connectivity index (χ3n) is 1.94. The number of nitrogens with one attached hydrogen (secondary N) is 1. The van der Waals surface area contributed by atoms with Crippen molar-refractivity contribution in [1.29, 1.82) is 0 Å². The number of hydrogen-bond donors (Lipinski definition) is 1. The van der Waals surface area contributed by atoms with Crippen LogP contribution in [0.25, 0.3) is 0 Å². The molecule has 0 spiro atoms. The van der Waals surface area contributed by atoms with Gasteiger partial charge in [-0.1, -0.05) is 6.58 Å². The molecular formula is C11H21NO2. The maximum absolute atomic E-state index is 11.1. The number of carbonyl (C=O) groups excluding carboxylic acids is 1. The first-order valence-electron chi connectivity index (χ1n) is 4.96. The lowest BCUT2D eigenvalue weighted by Crippen LogP contribution is -2.33. The fraction of sp³-hybridized carbons (Fsp3) is 0.727. The van der Waals surface area contributed by atoms with Crippen LogP contribution in [0.5, 0.6) is 0 Å². The third-order valence-corrected chi connectivity index (χ3v) is 1.94. The Morgan fingerprint density at radius 2 is 2.07 bits per heavy atom. The average Bonchev–Trinajstić information content (AvgIpc) is 2.03. The highest BCUT2D eigenvalue weighted by Crippen LogP contribution is 2.12. The van der Waals surface area contributed by atoms with Crippen LogP contribution in [0.3, 0.4) is 0 Å². The number of hydrogen-bond acceptors (Lipinski definition) is 2. The van der Waals surface area contributed by atoms with Gasteiger partial charge in [-0.2, -0.15) is 0 Å². The zero-order valence-corrected chi connectivity index (χ0v) is 9.64. The number of carbonyl (C=O) groups is 1. The minimum absolute atomic E-state index is 0.0858. The van der Waals surface area contributed by atoms with Gasteiger partial charge < -0.3 is 10.1 Å². The fourth-order valence-corrected chi connectivity index (χ4v) is 1.09. The molecule has 0 atom stereocenters. The highest BCUT2D eigenvalue weighted by Gasteiger charge is 2.17. The first-order valence-corrected chi connectivity index (χ1v) is 4.96. The molecular weight excluding hydrogens is 178 g/mol. The summed E-state index contributed by atoms with van der Waals surface area (Å²) >= 11 is 0. The molecule has 3 heteroatoms. The van der Waals surface area contributed by atoms with Gasteiger partial charge in [-0.05, 0) is 34.1 Å². The van der Waals surface area contributed by atoms with Crippen LogP contribution < -0.4 is 5.32 Å². The Labute approximate surface area is 86.5 Å². The lowest BCUT2D eigenvalue weighted by atomic mass is 10.1. The van der Waals surface area contributed by atoms with Gasteiger partial charge in [0, 0.05) is 18.7 Å². The lowest BCUT2D eigenvalue weighted by molar-refractivity contribution is -0.117. The van der Waals surface area contributed by atoms with E-state index in [9.17, 15) is 4.79 Å². The van der Waals surface area contributed by atoms with Crippen LogP contribution in [0.15, 0.2) is 12.2 Å². The molecule has 3 nitrogen and oxygen atoms in total. The second-order valence-electron chi connectivity index (χ2n) is 3.98. The van der Waals surface area contributed by atoms with Gasteiger partial charge in [0.25, 0.3) is 0 Å². The van der Waals surface area contributed by atoms with Crippen LogP contribution in [0, 0.1) is 0 Å². The van der Waals surface area contributed by atoms with Gasteiger partial charge in [0.1, 0.15) is 0 Å². The predicted molar refractivity (Wildman–Crippen MR) is 58.1 cm³/mol. The minimum atomic E-state index is -0.170. The molecule has 1 N–H and O–H groups in total. The Balaban J connectivity index is 3.73. The second-order valence-corrected chi connectivity index (χ2v) is 3.98. The topological polar surface area (TPSA) is 38.3 Å². The SMILES string of the molecule is C=C(C)C(=O)NCCC(C)(C)OCC. The van der Waals surface area contributed by atoms with Crippen LogP contribution in [0.4, 0.5) is 0 Å². The molecule has 82 valence electrons. The summed E-state index contributed by atoms with van der Waals surface area (Å²) in [5.41, 5.74) is 0.371. The highest BCUT2D eigenvalue weighted by atomic mass is 16.5. The van der Waals surface area contributed by atoms with Crippen molar-refractivity contribution in [3.63, 3.8) is 0 Å². The largest absolute Gasteiger partial charge is 0.376 e. The van der Waals surface area contributed by atoms with E-state index in [4.69, 9.17) is 4.74 Å². The molecule has 0 fully saturated rings. The van der Waals surface area contributed by atoms with Gasteiger partial charge in [-0.15, -0.1) is 0 Å². The average molecular weight is 199 g/mol. The van der Waals surface area contributed by atoms with Crippen molar-refractivity contribution >= 4 is 5.91 Å². The van der Waals surface area contributed by atoms with Crippen LogP contribution in [0.2, 0.25) is 0 Å². The van der Waals surface area contributed by atoms with Crippen molar-refractivity contribution in [2.24, 2.45) is 0 Å². The van der Waals surface area contributed by atoms with Crippen LogP contribution >= 0.6 is 0 Å². The van der Waals surface area contributed by atoms with Crippen molar-refractivity contribution in [3.8, 4) is 0 Å². The Hall–Kier alpha value is -0.830. The third kappa shape index (κ3) is 5.75. The summed E-state index contributed by atoms with van der Waals surface area (Å²) in [7, 11) is 0. The summed E-state index contributed by atoms with van der Waals surface area (Å²) < 4.78 is 5.50. The molecule has 0 aromatic heterocycles. The summed E-state index contributed by atoms with van der Waals surface area (Å²) in [5.74, 6) is -0.0858. The molecule has 0 aromatic rings. The van der Waals surface area contributed by atoms with E-state index in [0.717, 1.165) is 6.42 Å². The number of rotatable bonds is 6. The highest BCUT2D eigenvalue weighted by molar-refractivity contribution is 5.91. The number of ether oxygens (including phenoxy) is 1. The van der Waals surface area contributed by atoms with Gasteiger partial charge in [-0.3, -0.25) is 4.79 Å². The molecule has 0 aromatic carbocycles. The summed E-state index contributed by atoms with van der Waals surface area (Å²) in [5, 5.41) is 2.78. The summed E-state index contributed by atoms with van der Waals surface area (Å²) in [6.45, 7) is 12.6. The van der Waals surface area contributed by atoms with Gasteiger partial charge >= 0.3 is 0 Å². The van der Waals surface area contributed by atoms with E-state index < -0.39 is 0 Å². The summed E-state index contributed by atoms with van der Waals surface area (Å²) in [6, 6.07) is 0. The molecule has 0 unspecified atom stereocenters. The molecule has 0 aliphatic heterocycles. The van der Waals surface area contributed by atoms with Crippen LogP contribution in [0.1, 0.15) is 34.1 Å². The monoisotopic (exact) mass is 199 g/mol. The van der Waals surface area contributed by atoms with Crippen molar-refractivity contribution in [3.05, 3.63) is 12.2 Å². The Morgan fingerprint density at radius 3 is 2.50 bits per heavy atom. The molecule has 14 heavy (non-hydrogen) atoms. The molecule has 0 rings (SSSR count). The lowest BCUT2D eigenvalue weighted by Gasteiger charge is -2.24. The Bertz CT molecular complexity index is 209. The van der Waals surface area contributed by atoms with E-state index >= 15 is 0 Å². The van der Waals surface area contributed by atoms with Crippen LogP contribution in [-0.2, 0) is 9.53 Å². The first kappa shape index (κ1) is 13.2. The quantitative estimate of drug-likeness (QED) is 0.663. The molecule has 0 aliphatic rings. The van der Waals surface area contributed by atoms with Gasteiger partial charge in [0.15, 0.2) is 0 Å². The van der Waals surface area contributed by atoms with Gasteiger partial charge in [-0.25, -0.2) is 0 Å². The molecule has 1 amide bonds. The molecule has 0 aliphatic carbocycles. The normalized spacial score (nSPS) is 11.1. The van der Waals surface area contributed by atoms with Crippen LogP contribution in [-0.4, -0.2) is 24.7 Å². The smallest absolute Gasteiger partial charge is 0.246 e.